The summed E-state index contributed by atoms with van der Waals surface area (Å²) in [5.41, 5.74) is 3.93. The molecule has 6 rings (SSSR count). The lowest BCUT2D eigenvalue weighted by molar-refractivity contribution is -0.129. The highest BCUT2D eigenvalue weighted by atomic mass is 16.5. The molecule has 0 bridgehead atoms. The number of nitrogens with zero attached hydrogens (tertiary/aromatic N) is 2. The Morgan fingerprint density at radius 2 is 1.92 bits per heavy atom. The summed E-state index contributed by atoms with van der Waals surface area (Å²) < 4.78 is 7.26. The lowest BCUT2D eigenvalue weighted by Crippen LogP contribution is -2.53. The van der Waals surface area contributed by atoms with Crippen molar-refractivity contribution in [1.82, 2.24) is 9.80 Å². The highest BCUT2D eigenvalue weighted by Crippen LogP contribution is 2.65. The van der Waals surface area contributed by atoms with Gasteiger partial charge in [-0.2, -0.15) is 0 Å². The van der Waals surface area contributed by atoms with E-state index < -0.39 is 0 Å². The Bertz CT molecular complexity index is 912. The van der Waals surface area contributed by atoms with Crippen molar-refractivity contribution in [1.29, 1.82) is 0 Å². The second kappa shape index (κ2) is 9.19. The fourth-order valence-corrected chi connectivity index (χ4v) is 10.6. The van der Waals surface area contributed by atoms with Gasteiger partial charge in [0.15, 0.2) is 0 Å². The quantitative estimate of drug-likeness (QED) is 0.452. The third-order valence-corrected chi connectivity index (χ3v) is 12.5. The number of carbonyl (C=O) groups is 1. The third-order valence-electron chi connectivity index (χ3n) is 12.5. The summed E-state index contributed by atoms with van der Waals surface area (Å²) >= 11 is 0. The molecule has 2 saturated heterocycles. The summed E-state index contributed by atoms with van der Waals surface area (Å²) in [6.07, 6.45) is 12.1. The van der Waals surface area contributed by atoms with E-state index in [2.05, 4.69) is 51.6 Å². The van der Waals surface area contributed by atoms with Gasteiger partial charge in [0.2, 0.25) is 0 Å². The van der Waals surface area contributed by atoms with Crippen LogP contribution in [0.5, 0.6) is 0 Å². The minimum atomic E-state index is 0.0328. The lowest BCUT2D eigenvalue weighted by Gasteiger charge is -2.52. The molecule has 6 aliphatic rings. The van der Waals surface area contributed by atoms with Crippen LogP contribution in [0.25, 0.3) is 0 Å². The topological polar surface area (TPSA) is 32.8 Å². The Balaban J connectivity index is 1.25. The van der Waals surface area contributed by atoms with Crippen LogP contribution in [0.1, 0.15) is 91.9 Å². The van der Waals surface area contributed by atoms with Gasteiger partial charge in [0.25, 0.3) is 0 Å². The zero-order valence-electron chi connectivity index (χ0n) is 24.0. The number of Topliss-reactive ketones (excluding diaryl/α,β-unsaturated/α-hetero) is 1. The zero-order chi connectivity index (χ0) is 25.4. The van der Waals surface area contributed by atoms with Crippen LogP contribution in [-0.4, -0.2) is 67.1 Å². The summed E-state index contributed by atoms with van der Waals surface area (Å²) in [6.45, 7) is 13.5. The first-order chi connectivity index (χ1) is 17.1. The molecule has 0 aromatic carbocycles. The second-order valence-electron chi connectivity index (χ2n) is 14.8. The Kier molecular flexibility index (Phi) is 6.53. The number of ketones is 1. The van der Waals surface area contributed by atoms with Gasteiger partial charge < -0.3 is 9.64 Å². The van der Waals surface area contributed by atoms with E-state index in [9.17, 15) is 4.79 Å². The molecule has 36 heavy (non-hydrogen) atoms. The van der Waals surface area contributed by atoms with Gasteiger partial charge in [-0.15, -0.1) is 0 Å². The van der Waals surface area contributed by atoms with Crippen LogP contribution in [0.2, 0.25) is 0 Å². The van der Waals surface area contributed by atoms with Gasteiger partial charge in [0.1, 0.15) is 5.78 Å². The summed E-state index contributed by atoms with van der Waals surface area (Å²) in [4.78, 5) is 17.4. The lowest BCUT2D eigenvalue weighted by atomic mass is 9.52. The van der Waals surface area contributed by atoms with Gasteiger partial charge in [-0.05, 0) is 107 Å². The molecular formula is C32H52N2O2. The summed E-state index contributed by atoms with van der Waals surface area (Å²) in [5, 5.41) is 0. The molecule has 1 spiro atoms. The smallest absolute Gasteiger partial charge is 0.133 e. The standard InChI is InChI=1S/C32H52N2O2/c1-20-15-29-30(34(19-20)14-13-33(5)6)22(3)32(36-29)12-10-25-26-8-7-23-16-24(35)9-11-31(23,4)28(26)17-27(25)21(2)18-32/h20,22-23,25-26,28-30H,7-19H2,1-6H3/t20-,22+,23+,25-,26-,28-,29+,30-,31?,32-/m0/s1. The molecule has 202 valence electrons. The van der Waals surface area contributed by atoms with Gasteiger partial charge >= 0.3 is 0 Å². The van der Waals surface area contributed by atoms with E-state index in [1.54, 1.807) is 5.57 Å². The molecule has 0 amide bonds. The van der Waals surface area contributed by atoms with E-state index in [4.69, 9.17) is 4.74 Å². The van der Waals surface area contributed by atoms with Crippen molar-refractivity contribution in [3.05, 3.63) is 11.1 Å². The summed E-state index contributed by atoms with van der Waals surface area (Å²) in [5.74, 6) is 4.91. The molecule has 0 aromatic rings. The number of likely N-dealkylation sites (N-methyl/N-ethyl adjacent to an activating group) is 1. The predicted octanol–water partition coefficient (Wildman–Crippen LogP) is 5.95. The van der Waals surface area contributed by atoms with Crippen molar-refractivity contribution in [2.75, 3.05) is 33.7 Å². The number of ether oxygens (including phenoxy) is 1. The van der Waals surface area contributed by atoms with Gasteiger partial charge in [-0.25, -0.2) is 0 Å². The average molecular weight is 497 g/mol. The van der Waals surface area contributed by atoms with E-state index >= 15 is 0 Å². The Morgan fingerprint density at radius 3 is 2.69 bits per heavy atom. The van der Waals surface area contributed by atoms with Gasteiger partial charge in [0, 0.05) is 44.4 Å². The predicted molar refractivity (Wildman–Crippen MR) is 146 cm³/mol. The van der Waals surface area contributed by atoms with Gasteiger partial charge in [-0.3, -0.25) is 9.69 Å². The number of rotatable bonds is 3. The molecule has 3 saturated carbocycles. The highest BCUT2D eigenvalue weighted by molar-refractivity contribution is 5.79. The van der Waals surface area contributed by atoms with E-state index in [0.717, 1.165) is 62.4 Å². The van der Waals surface area contributed by atoms with E-state index in [1.165, 1.54) is 45.1 Å². The van der Waals surface area contributed by atoms with Crippen molar-refractivity contribution in [2.24, 2.45) is 40.9 Å². The highest BCUT2D eigenvalue weighted by Gasteiger charge is 2.60. The van der Waals surface area contributed by atoms with Crippen LogP contribution in [0, 0.1) is 40.9 Å². The van der Waals surface area contributed by atoms with Crippen molar-refractivity contribution in [2.45, 2.75) is 110 Å². The second-order valence-corrected chi connectivity index (χ2v) is 14.8. The molecule has 2 heterocycles. The monoisotopic (exact) mass is 496 g/mol. The first kappa shape index (κ1) is 25.6. The number of hydrogen-bond donors (Lipinski definition) is 0. The fourth-order valence-electron chi connectivity index (χ4n) is 10.6. The van der Waals surface area contributed by atoms with Crippen molar-refractivity contribution < 1.29 is 9.53 Å². The van der Waals surface area contributed by atoms with Crippen molar-refractivity contribution in [3.63, 3.8) is 0 Å². The first-order valence-electron chi connectivity index (χ1n) is 15.4. The molecule has 5 fully saturated rings. The number of likely N-dealkylation sites (tertiary alicyclic amines) is 1. The van der Waals surface area contributed by atoms with E-state index in [-0.39, 0.29) is 5.60 Å². The largest absolute Gasteiger partial charge is 0.369 e. The van der Waals surface area contributed by atoms with Crippen LogP contribution in [0.15, 0.2) is 11.1 Å². The van der Waals surface area contributed by atoms with Crippen LogP contribution >= 0.6 is 0 Å². The Hall–Kier alpha value is -0.710. The van der Waals surface area contributed by atoms with Crippen LogP contribution in [0.4, 0.5) is 0 Å². The maximum Gasteiger partial charge on any atom is 0.133 e. The number of fused-ring (bicyclic) bond motifs is 6. The molecule has 4 nitrogen and oxygen atoms in total. The normalized spacial score (nSPS) is 49.1. The van der Waals surface area contributed by atoms with Gasteiger partial charge in [0.05, 0.1) is 11.7 Å². The summed E-state index contributed by atoms with van der Waals surface area (Å²) in [7, 11) is 4.40. The number of allylic oxidation sites excluding steroid dienone is 1. The van der Waals surface area contributed by atoms with Crippen LogP contribution in [0.3, 0.4) is 0 Å². The molecule has 2 aliphatic heterocycles. The van der Waals surface area contributed by atoms with Crippen LogP contribution in [-0.2, 0) is 9.53 Å². The first-order valence-corrected chi connectivity index (χ1v) is 15.4. The fraction of sp³-hybridized carbons (Fsp3) is 0.906. The average Bonchev–Trinajstić information content (AvgIpc) is 3.28. The maximum absolute atomic E-state index is 12.3. The number of piperidine rings is 1. The molecule has 4 aliphatic carbocycles. The van der Waals surface area contributed by atoms with Gasteiger partial charge in [-0.1, -0.05) is 31.9 Å². The zero-order valence-corrected chi connectivity index (χ0v) is 24.0. The molecule has 10 atom stereocenters. The molecule has 0 N–H and O–H groups in total. The maximum atomic E-state index is 12.3. The number of hydrogen-bond acceptors (Lipinski definition) is 4. The molecular weight excluding hydrogens is 444 g/mol. The molecule has 4 heteroatoms. The minimum absolute atomic E-state index is 0.0328. The molecule has 1 unspecified atom stereocenters. The third kappa shape index (κ3) is 3.99. The minimum Gasteiger partial charge on any atom is -0.369 e. The van der Waals surface area contributed by atoms with Crippen LogP contribution < -0.4 is 0 Å². The van der Waals surface area contributed by atoms with Crippen molar-refractivity contribution in [3.8, 4) is 0 Å². The SMILES string of the molecule is CC1=C2C[C@H]3[C@@H](CC[C@@H]4CC(=O)CCC43C)[C@@H]2CC[C@@]2(C1)O[C@@H]1C[C@H](C)CN(CCN(C)C)[C@H]1[C@H]2C. The van der Waals surface area contributed by atoms with Crippen molar-refractivity contribution >= 4 is 5.78 Å². The Labute approximate surface area is 220 Å². The summed E-state index contributed by atoms with van der Waals surface area (Å²) in [6, 6.07) is 0.582. The number of carbonyl (C=O) groups excluding carboxylic acids is 1. The van der Waals surface area contributed by atoms with E-state index in [1.807, 2.05) is 5.57 Å². The molecule has 0 radical (unpaired) electrons. The van der Waals surface area contributed by atoms with E-state index in [0.29, 0.717) is 35.2 Å². The Morgan fingerprint density at radius 1 is 1.11 bits per heavy atom. The molecule has 0 aromatic heterocycles.